The minimum atomic E-state index is -1.86. The van der Waals surface area contributed by atoms with Gasteiger partial charge in [-0.15, -0.1) is 0 Å². The Labute approximate surface area is 236 Å². The van der Waals surface area contributed by atoms with Gasteiger partial charge in [0, 0.05) is 60.0 Å². The highest BCUT2D eigenvalue weighted by Crippen LogP contribution is 2.30. The van der Waals surface area contributed by atoms with Crippen LogP contribution >= 0.6 is 0 Å². The number of amides is 1. The second kappa shape index (κ2) is 11.6. The maximum Gasteiger partial charge on any atom is 0.247 e. The summed E-state index contributed by atoms with van der Waals surface area (Å²) in [5, 5.41) is 16.7. The van der Waals surface area contributed by atoms with Gasteiger partial charge in [0.2, 0.25) is 24.4 Å². The average molecular weight is 560 g/mol. The van der Waals surface area contributed by atoms with Gasteiger partial charge in [0.15, 0.2) is 0 Å². The van der Waals surface area contributed by atoms with Crippen LogP contribution in [0.4, 0.5) is 31.8 Å². The number of aromatic nitrogens is 3. The molecule has 212 valence electrons. The third-order valence-electron chi connectivity index (χ3n) is 6.63. The first-order valence-corrected chi connectivity index (χ1v) is 13.2. The smallest absolute Gasteiger partial charge is 0.247 e. The van der Waals surface area contributed by atoms with Gasteiger partial charge in [-0.3, -0.25) is 14.7 Å². The first-order chi connectivity index (χ1) is 19.6. The molecule has 1 amide bonds. The molecule has 0 spiro atoms. The molecule has 1 saturated heterocycles. The second-order valence-electron chi connectivity index (χ2n) is 10.5. The first kappa shape index (κ1) is 28.1. The predicted molar refractivity (Wildman–Crippen MR) is 156 cm³/mol. The molecule has 2 atom stereocenters. The summed E-state index contributed by atoms with van der Waals surface area (Å²) in [4.78, 5) is 28.1. The highest BCUT2D eigenvalue weighted by molar-refractivity contribution is 5.99. The van der Waals surface area contributed by atoms with Crippen LogP contribution in [0.25, 0.3) is 22.2 Å². The normalized spacial score (nSPS) is 17.8. The van der Waals surface area contributed by atoms with Crippen LogP contribution < -0.4 is 15.5 Å². The van der Waals surface area contributed by atoms with Crippen molar-refractivity contribution in [1.82, 2.24) is 19.9 Å². The molecular formula is C30H31F2N7O2. The summed E-state index contributed by atoms with van der Waals surface area (Å²) < 4.78 is 29.8. The van der Waals surface area contributed by atoms with Gasteiger partial charge in [0.25, 0.3) is 0 Å². The number of β-amino-alcohol motifs (C(OH)–C–C–N with tert-alkyl or cyclic N) is 1. The molecule has 1 aliphatic rings. The quantitative estimate of drug-likeness (QED) is 0.204. The van der Waals surface area contributed by atoms with Gasteiger partial charge in [0.05, 0.1) is 11.3 Å². The molecular weight excluding hydrogens is 528 g/mol. The molecule has 0 bridgehead atoms. The Balaban J connectivity index is 1.33. The van der Waals surface area contributed by atoms with Crippen molar-refractivity contribution in [2.24, 2.45) is 0 Å². The maximum atomic E-state index is 15.0. The largest absolute Gasteiger partial charge is 0.389 e. The van der Waals surface area contributed by atoms with Crippen LogP contribution in [-0.2, 0) is 4.79 Å². The molecule has 1 aliphatic heterocycles. The minimum absolute atomic E-state index is 0.0472. The zero-order chi connectivity index (χ0) is 29.1. The third kappa shape index (κ3) is 6.47. The summed E-state index contributed by atoms with van der Waals surface area (Å²) >= 11 is 0. The zero-order valence-corrected chi connectivity index (χ0v) is 22.8. The summed E-state index contributed by atoms with van der Waals surface area (Å²) in [6.07, 6.45) is 0.861. The van der Waals surface area contributed by atoms with Gasteiger partial charge in [-0.25, -0.2) is 18.7 Å². The van der Waals surface area contributed by atoms with E-state index in [-0.39, 0.29) is 25.5 Å². The number of pyridine rings is 1. The molecule has 41 heavy (non-hydrogen) atoms. The fraction of sp³-hybridized carbons (Fsp3) is 0.267. The number of halogens is 2. The van der Waals surface area contributed by atoms with Crippen molar-refractivity contribution in [3.05, 3.63) is 79.6 Å². The van der Waals surface area contributed by atoms with Crippen molar-refractivity contribution >= 4 is 39.8 Å². The summed E-state index contributed by atoms with van der Waals surface area (Å²) in [6.45, 7) is 7.25. The molecule has 5 rings (SSSR count). The minimum Gasteiger partial charge on any atom is -0.389 e. The van der Waals surface area contributed by atoms with Crippen molar-refractivity contribution in [2.75, 3.05) is 35.2 Å². The van der Waals surface area contributed by atoms with E-state index in [0.29, 0.717) is 34.2 Å². The van der Waals surface area contributed by atoms with E-state index in [0.717, 1.165) is 10.9 Å². The van der Waals surface area contributed by atoms with Crippen molar-refractivity contribution in [1.29, 1.82) is 0 Å². The second-order valence-corrected chi connectivity index (χ2v) is 10.5. The number of fused-ring (bicyclic) bond motifs is 1. The van der Waals surface area contributed by atoms with Crippen LogP contribution in [0.1, 0.15) is 13.8 Å². The van der Waals surface area contributed by atoms with E-state index in [1.807, 2.05) is 24.3 Å². The number of piperazine rings is 1. The van der Waals surface area contributed by atoms with E-state index in [2.05, 4.69) is 27.2 Å². The van der Waals surface area contributed by atoms with E-state index in [4.69, 9.17) is 4.98 Å². The fourth-order valence-electron chi connectivity index (χ4n) is 4.77. The van der Waals surface area contributed by atoms with E-state index < -0.39 is 18.2 Å². The van der Waals surface area contributed by atoms with Crippen molar-refractivity contribution in [2.45, 2.75) is 32.0 Å². The predicted octanol–water partition coefficient (Wildman–Crippen LogP) is 5.04. The highest BCUT2D eigenvalue weighted by Gasteiger charge is 2.39. The number of alkyl halides is 2. The van der Waals surface area contributed by atoms with Crippen LogP contribution in [0.2, 0.25) is 0 Å². The van der Waals surface area contributed by atoms with Gasteiger partial charge < -0.3 is 20.6 Å². The molecule has 2 unspecified atom stereocenters. The van der Waals surface area contributed by atoms with Gasteiger partial charge in [-0.2, -0.15) is 0 Å². The van der Waals surface area contributed by atoms with E-state index in [9.17, 15) is 18.7 Å². The Morgan fingerprint density at radius 3 is 2.61 bits per heavy atom. The van der Waals surface area contributed by atoms with Crippen LogP contribution in [0.3, 0.4) is 0 Å². The zero-order valence-electron chi connectivity index (χ0n) is 22.8. The molecule has 9 nitrogen and oxygen atoms in total. The number of benzene rings is 2. The number of carbonyl (C=O) groups excluding carboxylic acids is 1. The number of nitrogens with zero attached hydrogens (tertiary/aromatic N) is 5. The first-order valence-electron chi connectivity index (χ1n) is 13.2. The number of carbonyl (C=O) groups is 1. The Bertz CT molecular complexity index is 1560. The molecule has 2 aromatic carbocycles. The van der Waals surface area contributed by atoms with Crippen molar-refractivity contribution in [3.8, 4) is 11.3 Å². The third-order valence-corrected chi connectivity index (χ3v) is 6.63. The van der Waals surface area contributed by atoms with Crippen molar-refractivity contribution < 1.29 is 18.7 Å². The Kier molecular flexibility index (Phi) is 7.91. The maximum absolute atomic E-state index is 15.0. The Morgan fingerprint density at radius 2 is 1.88 bits per heavy atom. The van der Waals surface area contributed by atoms with Crippen LogP contribution in [0.5, 0.6) is 0 Å². The molecule has 0 saturated carbocycles. The molecule has 11 heteroatoms. The number of nitrogens with one attached hydrogen (secondary N) is 2. The standard InChI is InChI=1S/C30H31F2N7O2/c1-4-24(40)35-22-7-5-6-19(16-22)25-26-20(12-13-33-25)17-34-29(37-26)36-21-8-10-23(11-9-21)39-15-14-38(18-30(2,3)41)27(31)28(39)32/h4-13,16-17,27-28,41H,1,14-15,18H2,2-3H3,(H,35,40)(H,34,36,37). The molecule has 3 N–H and O–H groups in total. The van der Waals surface area contributed by atoms with Crippen LogP contribution in [0, 0.1) is 0 Å². The number of anilines is 4. The number of hydrogen-bond acceptors (Lipinski definition) is 8. The SMILES string of the molecule is C=CC(=O)Nc1cccc(-c2nccc3cnc(Nc4ccc(N5CCN(CC(C)(C)O)C(F)C5F)cc4)nc23)c1. The Morgan fingerprint density at radius 1 is 1.10 bits per heavy atom. The lowest BCUT2D eigenvalue weighted by Crippen LogP contribution is -2.58. The van der Waals surface area contributed by atoms with Crippen molar-refractivity contribution in [3.63, 3.8) is 0 Å². The topological polar surface area (TPSA) is 107 Å². The summed E-state index contributed by atoms with van der Waals surface area (Å²) in [6, 6.07) is 16.0. The molecule has 1 fully saturated rings. The van der Waals surface area contributed by atoms with Crippen LogP contribution in [-0.4, -0.2) is 68.7 Å². The lowest BCUT2D eigenvalue weighted by atomic mass is 10.1. The molecule has 3 heterocycles. The molecule has 4 aromatic rings. The summed E-state index contributed by atoms with van der Waals surface area (Å²) in [7, 11) is 0. The lowest BCUT2D eigenvalue weighted by molar-refractivity contribution is -0.111. The average Bonchev–Trinajstić information content (AvgIpc) is 2.95. The molecule has 0 radical (unpaired) electrons. The van der Waals surface area contributed by atoms with E-state index in [1.54, 1.807) is 56.6 Å². The number of rotatable bonds is 8. The molecule has 2 aromatic heterocycles. The van der Waals surface area contributed by atoms with E-state index in [1.165, 1.54) is 15.9 Å². The van der Waals surface area contributed by atoms with E-state index >= 15 is 0 Å². The lowest BCUT2D eigenvalue weighted by Gasteiger charge is -2.42. The number of aliphatic hydroxyl groups is 1. The van der Waals surface area contributed by atoms with Gasteiger partial charge in [0.1, 0.15) is 5.52 Å². The van der Waals surface area contributed by atoms with Gasteiger partial charge in [-0.1, -0.05) is 18.7 Å². The van der Waals surface area contributed by atoms with Gasteiger partial charge in [-0.05, 0) is 62.4 Å². The summed E-state index contributed by atoms with van der Waals surface area (Å²) in [5.74, 6) is 0.0236. The Hall–Kier alpha value is -4.48. The van der Waals surface area contributed by atoms with Gasteiger partial charge >= 0.3 is 0 Å². The number of hydrogen-bond donors (Lipinski definition) is 3. The summed E-state index contributed by atoms with van der Waals surface area (Å²) in [5.41, 5.74) is 2.70. The van der Waals surface area contributed by atoms with Crippen LogP contribution in [0.15, 0.2) is 79.6 Å². The fourth-order valence-corrected chi connectivity index (χ4v) is 4.77. The highest BCUT2D eigenvalue weighted by atomic mass is 19.2. The monoisotopic (exact) mass is 559 g/mol. The molecule has 0 aliphatic carbocycles.